The minimum absolute atomic E-state index is 0.0973. The maximum Gasteiger partial charge on any atom is 0.241 e. The van der Waals surface area contributed by atoms with Crippen molar-refractivity contribution in [3.8, 4) is 5.75 Å². The quantitative estimate of drug-likeness (QED) is 0.544. The zero-order valence-corrected chi connectivity index (χ0v) is 17.8. The van der Waals surface area contributed by atoms with Crippen molar-refractivity contribution >= 4 is 15.9 Å². The molecule has 0 aromatic heterocycles. The first kappa shape index (κ1) is 22.6. The molecule has 0 bridgehead atoms. The van der Waals surface area contributed by atoms with Gasteiger partial charge in [0.2, 0.25) is 15.9 Å². The molecule has 0 aliphatic carbocycles. The second-order valence-electron chi connectivity index (χ2n) is 7.16. The van der Waals surface area contributed by atoms with E-state index in [9.17, 15) is 13.2 Å². The summed E-state index contributed by atoms with van der Waals surface area (Å²) in [4.78, 5) is 17.0. The number of hydrogen-bond acceptors (Lipinski definition) is 6. The van der Waals surface area contributed by atoms with Crippen molar-refractivity contribution in [1.29, 1.82) is 0 Å². The third-order valence-electron chi connectivity index (χ3n) is 4.89. The molecular formula is C19H32N4O4S. The predicted molar refractivity (Wildman–Crippen MR) is 109 cm³/mol. The molecule has 2 rings (SSSR count). The van der Waals surface area contributed by atoms with Crippen LogP contribution in [0, 0.1) is 0 Å². The van der Waals surface area contributed by atoms with Gasteiger partial charge in [0.1, 0.15) is 5.75 Å². The van der Waals surface area contributed by atoms with Crippen LogP contribution in [0.4, 0.5) is 0 Å². The standard InChI is InChI=1S/C19H32N4O4S/c1-16(21-28(25,26)18-8-6-17(27-3)7-9-18)19(24)20-10-4-5-11-23-14-12-22(2)13-15-23/h6-9,16,21H,4-5,10-15H2,1-3H3,(H,20,24)/t16-/m0/s1. The van der Waals surface area contributed by atoms with Gasteiger partial charge in [-0.1, -0.05) is 0 Å². The maximum atomic E-state index is 12.4. The average Bonchev–Trinajstić information content (AvgIpc) is 2.68. The molecule has 158 valence electrons. The van der Waals surface area contributed by atoms with Crippen molar-refractivity contribution < 1.29 is 17.9 Å². The SMILES string of the molecule is COc1ccc(S(=O)(=O)N[C@@H](C)C(=O)NCCCCN2CCN(C)CC2)cc1. The van der Waals surface area contributed by atoms with E-state index < -0.39 is 16.1 Å². The molecule has 1 aliphatic heterocycles. The summed E-state index contributed by atoms with van der Waals surface area (Å²) in [6, 6.07) is 5.19. The fraction of sp³-hybridized carbons (Fsp3) is 0.632. The molecule has 1 atom stereocenters. The Morgan fingerprint density at radius 1 is 1.14 bits per heavy atom. The first-order valence-corrected chi connectivity index (χ1v) is 11.1. The Kier molecular flexibility index (Phi) is 8.68. The highest BCUT2D eigenvalue weighted by Crippen LogP contribution is 2.15. The van der Waals surface area contributed by atoms with Gasteiger partial charge in [0.25, 0.3) is 0 Å². The molecule has 9 heteroatoms. The summed E-state index contributed by atoms with van der Waals surface area (Å²) in [7, 11) is -0.112. The predicted octanol–water partition coefficient (Wildman–Crippen LogP) is 0.506. The Labute approximate surface area is 168 Å². The molecule has 1 fully saturated rings. The van der Waals surface area contributed by atoms with Crippen LogP contribution >= 0.6 is 0 Å². The Morgan fingerprint density at radius 3 is 2.39 bits per heavy atom. The highest BCUT2D eigenvalue weighted by molar-refractivity contribution is 7.89. The van der Waals surface area contributed by atoms with Crippen LogP contribution in [0.2, 0.25) is 0 Å². The van der Waals surface area contributed by atoms with Gasteiger partial charge in [0.05, 0.1) is 18.0 Å². The minimum atomic E-state index is -3.76. The fourth-order valence-corrected chi connectivity index (χ4v) is 4.21. The number of carbonyl (C=O) groups is 1. The minimum Gasteiger partial charge on any atom is -0.497 e. The molecule has 1 amide bonds. The van der Waals surface area contributed by atoms with Gasteiger partial charge in [-0.15, -0.1) is 0 Å². The van der Waals surface area contributed by atoms with E-state index in [0.717, 1.165) is 45.6 Å². The van der Waals surface area contributed by atoms with Crippen LogP contribution in [0.15, 0.2) is 29.2 Å². The van der Waals surface area contributed by atoms with E-state index in [2.05, 4.69) is 26.9 Å². The topological polar surface area (TPSA) is 91.0 Å². The molecule has 1 heterocycles. The summed E-state index contributed by atoms with van der Waals surface area (Å²) in [5.74, 6) is 0.248. The van der Waals surface area contributed by atoms with E-state index in [-0.39, 0.29) is 10.8 Å². The van der Waals surface area contributed by atoms with Crippen molar-refractivity contribution in [2.45, 2.75) is 30.7 Å². The van der Waals surface area contributed by atoms with E-state index in [1.807, 2.05) is 0 Å². The van der Waals surface area contributed by atoms with Gasteiger partial charge in [0.15, 0.2) is 0 Å². The van der Waals surface area contributed by atoms with Crippen molar-refractivity contribution in [3.63, 3.8) is 0 Å². The van der Waals surface area contributed by atoms with Gasteiger partial charge in [-0.25, -0.2) is 8.42 Å². The number of unbranched alkanes of at least 4 members (excludes halogenated alkanes) is 1. The lowest BCUT2D eigenvalue weighted by molar-refractivity contribution is -0.122. The number of piperazine rings is 1. The first-order chi connectivity index (χ1) is 13.3. The first-order valence-electron chi connectivity index (χ1n) is 9.67. The number of sulfonamides is 1. The normalized spacial score (nSPS) is 17.2. The number of carbonyl (C=O) groups excluding carboxylic acids is 1. The van der Waals surface area contributed by atoms with E-state index in [4.69, 9.17) is 4.74 Å². The number of benzene rings is 1. The number of hydrogen-bond donors (Lipinski definition) is 2. The Balaban J connectivity index is 1.68. The summed E-state index contributed by atoms with van der Waals surface area (Å²) in [6.07, 6.45) is 1.88. The van der Waals surface area contributed by atoms with Gasteiger partial charge in [0, 0.05) is 32.7 Å². The van der Waals surface area contributed by atoms with Gasteiger partial charge < -0.3 is 19.9 Å². The zero-order valence-electron chi connectivity index (χ0n) is 17.0. The Morgan fingerprint density at radius 2 is 1.79 bits per heavy atom. The number of nitrogens with zero attached hydrogens (tertiary/aromatic N) is 2. The number of methoxy groups -OCH3 is 1. The van der Waals surface area contributed by atoms with E-state index in [1.54, 1.807) is 19.1 Å². The summed E-state index contributed by atoms with van der Waals surface area (Å²) >= 11 is 0. The zero-order chi connectivity index (χ0) is 20.6. The Bertz CT molecular complexity index is 716. The second kappa shape index (κ2) is 10.8. The van der Waals surface area contributed by atoms with E-state index in [0.29, 0.717) is 12.3 Å². The highest BCUT2D eigenvalue weighted by atomic mass is 32.2. The third kappa shape index (κ3) is 7.05. The molecule has 0 radical (unpaired) electrons. The van der Waals surface area contributed by atoms with Crippen molar-refractivity contribution in [2.24, 2.45) is 0 Å². The van der Waals surface area contributed by atoms with Gasteiger partial charge in [-0.05, 0) is 57.6 Å². The molecule has 8 nitrogen and oxygen atoms in total. The average molecular weight is 413 g/mol. The van der Waals surface area contributed by atoms with Gasteiger partial charge in [-0.2, -0.15) is 4.72 Å². The molecule has 0 unspecified atom stereocenters. The molecule has 1 saturated heterocycles. The van der Waals surface area contributed by atoms with Gasteiger partial charge >= 0.3 is 0 Å². The molecule has 2 N–H and O–H groups in total. The summed E-state index contributed by atoms with van der Waals surface area (Å²) < 4.78 is 32.2. The third-order valence-corrected chi connectivity index (χ3v) is 6.45. The van der Waals surface area contributed by atoms with E-state index >= 15 is 0 Å². The van der Waals surface area contributed by atoms with Crippen molar-refractivity contribution in [3.05, 3.63) is 24.3 Å². The summed E-state index contributed by atoms with van der Waals surface area (Å²) in [5, 5.41) is 2.81. The van der Waals surface area contributed by atoms with Crippen LogP contribution in [0.25, 0.3) is 0 Å². The molecule has 0 spiro atoms. The van der Waals surface area contributed by atoms with Gasteiger partial charge in [-0.3, -0.25) is 4.79 Å². The molecule has 0 saturated carbocycles. The van der Waals surface area contributed by atoms with Crippen LogP contribution in [-0.4, -0.2) is 83.6 Å². The number of ether oxygens (including phenoxy) is 1. The highest BCUT2D eigenvalue weighted by Gasteiger charge is 2.22. The molecule has 28 heavy (non-hydrogen) atoms. The van der Waals surface area contributed by atoms with Crippen molar-refractivity contribution in [2.75, 3.05) is 53.4 Å². The largest absolute Gasteiger partial charge is 0.497 e. The van der Waals surface area contributed by atoms with Crippen LogP contribution in [-0.2, 0) is 14.8 Å². The number of likely N-dealkylation sites (N-methyl/N-ethyl adjacent to an activating group) is 1. The summed E-state index contributed by atoms with van der Waals surface area (Å²) in [5.41, 5.74) is 0. The molecule has 1 aromatic carbocycles. The monoisotopic (exact) mass is 412 g/mol. The van der Waals surface area contributed by atoms with Crippen LogP contribution in [0.1, 0.15) is 19.8 Å². The maximum absolute atomic E-state index is 12.4. The van der Waals surface area contributed by atoms with Crippen LogP contribution in [0.3, 0.4) is 0 Å². The van der Waals surface area contributed by atoms with E-state index in [1.165, 1.54) is 19.2 Å². The molecule has 1 aliphatic rings. The molecule has 1 aromatic rings. The molecular weight excluding hydrogens is 380 g/mol. The number of nitrogens with one attached hydrogen (secondary N) is 2. The number of amides is 1. The van der Waals surface area contributed by atoms with Crippen LogP contribution in [0.5, 0.6) is 5.75 Å². The Hall–Kier alpha value is -1.68. The summed E-state index contributed by atoms with van der Waals surface area (Å²) in [6.45, 7) is 7.50. The van der Waals surface area contributed by atoms with Crippen molar-refractivity contribution in [1.82, 2.24) is 19.8 Å². The fourth-order valence-electron chi connectivity index (χ4n) is 3.01. The van der Waals surface area contributed by atoms with Crippen LogP contribution < -0.4 is 14.8 Å². The lowest BCUT2D eigenvalue weighted by Gasteiger charge is -2.32. The lowest BCUT2D eigenvalue weighted by Crippen LogP contribution is -2.45. The number of rotatable bonds is 10. The lowest BCUT2D eigenvalue weighted by atomic mass is 10.2. The smallest absolute Gasteiger partial charge is 0.241 e. The second-order valence-corrected chi connectivity index (χ2v) is 8.88.